The van der Waals surface area contributed by atoms with Crippen molar-refractivity contribution in [3.8, 4) is 5.75 Å². The molecule has 7 heteroatoms. The third-order valence-electron chi connectivity index (χ3n) is 4.25. The molecule has 1 aromatic rings. The minimum Gasteiger partial charge on any atom is -0.495 e. The lowest BCUT2D eigenvalue weighted by Crippen LogP contribution is -2.18. The summed E-state index contributed by atoms with van der Waals surface area (Å²) >= 11 is 0. The first kappa shape index (κ1) is 16.8. The first-order chi connectivity index (χ1) is 10.7. The van der Waals surface area contributed by atoms with Crippen molar-refractivity contribution in [2.45, 2.75) is 13.8 Å². The van der Waals surface area contributed by atoms with E-state index in [1.165, 1.54) is 32.4 Å². The highest BCUT2D eigenvalue weighted by Gasteiger charge is 2.65. The number of ether oxygens (including phenoxy) is 2. The number of carboxylic acid groups (broad SMARTS) is 1. The molecule has 0 heterocycles. The topological polar surface area (TPSA) is 102 Å². The molecule has 1 aliphatic rings. The van der Waals surface area contributed by atoms with Crippen LogP contribution in [0.25, 0.3) is 0 Å². The minimum atomic E-state index is -0.995. The second-order valence-electron chi connectivity index (χ2n) is 6.01. The molecule has 2 atom stereocenters. The van der Waals surface area contributed by atoms with E-state index in [0.29, 0.717) is 11.4 Å². The molecular formula is C16H19NO6. The van der Waals surface area contributed by atoms with Crippen LogP contribution in [0.5, 0.6) is 5.75 Å². The number of rotatable bonds is 5. The Morgan fingerprint density at radius 2 is 1.83 bits per heavy atom. The Morgan fingerprint density at radius 1 is 1.17 bits per heavy atom. The Balaban J connectivity index is 2.24. The van der Waals surface area contributed by atoms with Crippen LogP contribution in [0.15, 0.2) is 18.2 Å². The van der Waals surface area contributed by atoms with Gasteiger partial charge in [0.15, 0.2) is 0 Å². The molecule has 7 nitrogen and oxygen atoms in total. The fraction of sp³-hybridized carbons (Fsp3) is 0.438. The standard InChI is InChI=1S/C16H19NO6/c1-16(2)11(12(16)14(19)20)13(18)17-9-7-8(15(21)23-4)5-6-10(9)22-3/h5-7,11-12H,1-4H3,(H,17,18)(H,19,20). The van der Waals surface area contributed by atoms with E-state index >= 15 is 0 Å². The molecule has 2 N–H and O–H groups in total. The van der Waals surface area contributed by atoms with Crippen LogP contribution in [0.2, 0.25) is 0 Å². The minimum absolute atomic E-state index is 0.258. The number of aliphatic carboxylic acids is 1. The second kappa shape index (κ2) is 5.91. The molecule has 1 aliphatic carbocycles. The summed E-state index contributed by atoms with van der Waals surface area (Å²) in [6, 6.07) is 4.49. The normalized spacial score (nSPS) is 21.2. The van der Waals surface area contributed by atoms with E-state index in [-0.39, 0.29) is 5.56 Å². The molecule has 0 spiro atoms. The van der Waals surface area contributed by atoms with Crippen molar-refractivity contribution < 1.29 is 29.0 Å². The number of hydrogen-bond acceptors (Lipinski definition) is 5. The van der Waals surface area contributed by atoms with Gasteiger partial charge >= 0.3 is 11.9 Å². The van der Waals surface area contributed by atoms with Crippen LogP contribution in [-0.4, -0.2) is 37.2 Å². The average molecular weight is 321 g/mol. The largest absolute Gasteiger partial charge is 0.495 e. The first-order valence-corrected chi connectivity index (χ1v) is 7.04. The number of carbonyl (C=O) groups excluding carboxylic acids is 2. The average Bonchev–Trinajstić information content (AvgIpc) is 3.09. The van der Waals surface area contributed by atoms with Gasteiger partial charge in [-0.15, -0.1) is 0 Å². The zero-order chi connectivity index (χ0) is 17.4. The van der Waals surface area contributed by atoms with E-state index in [2.05, 4.69) is 10.1 Å². The molecular weight excluding hydrogens is 302 g/mol. The molecule has 2 rings (SSSR count). The molecule has 0 aromatic heterocycles. The van der Waals surface area contributed by atoms with Gasteiger partial charge in [-0.3, -0.25) is 9.59 Å². The highest BCUT2D eigenvalue weighted by Crippen LogP contribution is 2.58. The molecule has 1 aromatic carbocycles. The summed E-state index contributed by atoms with van der Waals surface area (Å²) in [5, 5.41) is 11.8. The van der Waals surface area contributed by atoms with Crippen LogP contribution in [0.1, 0.15) is 24.2 Å². The number of anilines is 1. The molecule has 2 unspecified atom stereocenters. The lowest BCUT2D eigenvalue weighted by molar-refractivity contribution is -0.140. The van der Waals surface area contributed by atoms with Crippen molar-refractivity contribution in [3.05, 3.63) is 23.8 Å². The fourth-order valence-electron chi connectivity index (χ4n) is 2.85. The van der Waals surface area contributed by atoms with Crippen LogP contribution in [-0.2, 0) is 14.3 Å². The number of nitrogens with one attached hydrogen (secondary N) is 1. The van der Waals surface area contributed by atoms with Crippen molar-refractivity contribution >= 4 is 23.5 Å². The monoisotopic (exact) mass is 321 g/mol. The number of esters is 1. The fourth-order valence-corrected chi connectivity index (χ4v) is 2.85. The van der Waals surface area contributed by atoms with Gasteiger partial charge in [0.25, 0.3) is 0 Å². The highest BCUT2D eigenvalue weighted by molar-refractivity contribution is 6.01. The molecule has 0 saturated heterocycles. The zero-order valence-electron chi connectivity index (χ0n) is 13.4. The van der Waals surface area contributed by atoms with Crippen molar-refractivity contribution in [1.82, 2.24) is 0 Å². The zero-order valence-corrected chi connectivity index (χ0v) is 13.4. The van der Waals surface area contributed by atoms with Gasteiger partial charge < -0.3 is 19.9 Å². The third-order valence-corrected chi connectivity index (χ3v) is 4.25. The summed E-state index contributed by atoms with van der Waals surface area (Å²) < 4.78 is 9.80. The number of carboxylic acids is 1. The molecule has 1 fully saturated rings. The molecule has 1 amide bonds. The summed E-state index contributed by atoms with van der Waals surface area (Å²) in [7, 11) is 2.69. The lowest BCUT2D eigenvalue weighted by Gasteiger charge is -2.12. The molecule has 1 saturated carbocycles. The number of amides is 1. The van der Waals surface area contributed by atoms with E-state index in [1.807, 2.05) is 0 Å². The Labute approximate surface area is 133 Å². The van der Waals surface area contributed by atoms with Crippen molar-refractivity contribution in [2.24, 2.45) is 17.3 Å². The molecule has 0 radical (unpaired) electrons. The SMILES string of the molecule is COC(=O)c1ccc(OC)c(NC(=O)C2C(C(=O)O)C2(C)C)c1. The van der Waals surface area contributed by atoms with Crippen LogP contribution in [0, 0.1) is 17.3 Å². The maximum absolute atomic E-state index is 12.4. The number of methoxy groups -OCH3 is 2. The van der Waals surface area contributed by atoms with Gasteiger partial charge in [-0.1, -0.05) is 13.8 Å². The van der Waals surface area contributed by atoms with Crippen molar-refractivity contribution in [2.75, 3.05) is 19.5 Å². The molecule has 23 heavy (non-hydrogen) atoms. The number of hydrogen-bond donors (Lipinski definition) is 2. The maximum Gasteiger partial charge on any atom is 0.337 e. The summed E-state index contributed by atoms with van der Waals surface area (Å²) in [6.07, 6.45) is 0. The third kappa shape index (κ3) is 2.99. The van der Waals surface area contributed by atoms with E-state index in [4.69, 9.17) is 9.84 Å². The summed E-state index contributed by atoms with van der Waals surface area (Å²) in [5.41, 5.74) is -0.0518. The predicted octanol–water partition coefficient (Wildman–Crippen LogP) is 1.78. The van der Waals surface area contributed by atoms with Crippen LogP contribution in [0.3, 0.4) is 0 Å². The van der Waals surface area contributed by atoms with Gasteiger partial charge in [-0.05, 0) is 23.6 Å². The summed E-state index contributed by atoms with van der Waals surface area (Å²) in [5.74, 6) is -2.94. The highest BCUT2D eigenvalue weighted by atomic mass is 16.5. The Bertz CT molecular complexity index is 667. The van der Waals surface area contributed by atoms with Gasteiger partial charge in [0.1, 0.15) is 5.75 Å². The van der Waals surface area contributed by atoms with Crippen LogP contribution < -0.4 is 10.1 Å². The van der Waals surface area contributed by atoms with Gasteiger partial charge in [-0.25, -0.2) is 4.79 Å². The van der Waals surface area contributed by atoms with E-state index in [9.17, 15) is 14.4 Å². The Kier molecular flexibility index (Phi) is 4.31. The molecule has 124 valence electrons. The number of carbonyl (C=O) groups is 3. The van der Waals surface area contributed by atoms with E-state index in [1.54, 1.807) is 13.8 Å². The van der Waals surface area contributed by atoms with Gasteiger partial charge in [0, 0.05) is 0 Å². The van der Waals surface area contributed by atoms with E-state index < -0.39 is 35.1 Å². The quantitative estimate of drug-likeness (QED) is 0.802. The van der Waals surface area contributed by atoms with Crippen molar-refractivity contribution in [1.29, 1.82) is 0 Å². The van der Waals surface area contributed by atoms with Gasteiger partial charge in [0.2, 0.25) is 5.91 Å². The lowest BCUT2D eigenvalue weighted by atomic mass is 10.1. The predicted molar refractivity (Wildman–Crippen MR) is 81.4 cm³/mol. The van der Waals surface area contributed by atoms with Gasteiger partial charge in [0.05, 0.1) is 37.3 Å². The summed E-state index contributed by atoms with van der Waals surface area (Å²) in [6.45, 7) is 3.47. The van der Waals surface area contributed by atoms with Crippen LogP contribution >= 0.6 is 0 Å². The van der Waals surface area contributed by atoms with Crippen LogP contribution in [0.4, 0.5) is 5.69 Å². The smallest absolute Gasteiger partial charge is 0.337 e. The number of benzene rings is 1. The summed E-state index contributed by atoms with van der Waals surface area (Å²) in [4.78, 5) is 35.2. The van der Waals surface area contributed by atoms with Crippen molar-refractivity contribution in [3.63, 3.8) is 0 Å². The second-order valence-corrected chi connectivity index (χ2v) is 6.01. The molecule has 0 aliphatic heterocycles. The maximum atomic E-state index is 12.4. The Morgan fingerprint density at radius 3 is 2.30 bits per heavy atom. The van der Waals surface area contributed by atoms with E-state index in [0.717, 1.165) is 0 Å². The van der Waals surface area contributed by atoms with Gasteiger partial charge in [-0.2, -0.15) is 0 Å². The first-order valence-electron chi connectivity index (χ1n) is 7.04. The molecule has 0 bridgehead atoms. The Hall–Kier alpha value is -2.57.